The molecular formula is C18H21N3O2. The van der Waals surface area contributed by atoms with Crippen molar-refractivity contribution in [3.05, 3.63) is 48.3 Å². The minimum absolute atomic E-state index is 0.0146. The fourth-order valence-corrected chi connectivity index (χ4v) is 3.01. The molecule has 1 aromatic carbocycles. The number of methoxy groups -OCH3 is 1. The number of nitrogens with two attached hydrogens (primary N) is 1. The summed E-state index contributed by atoms with van der Waals surface area (Å²) in [4.78, 5) is 18.8. The Kier molecular flexibility index (Phi) is 4.57. The Morgan fingerprint density at radius 1 is 1.30 bits per heavy atom. The van der Waals surface area contributed by atoms with Crippen molar-refractivity contribution < 1.29 is 9.53 Å². The van der Waals surface area contributed by atoms with Crippen molar-refractivity contribution in [3.63, 3.8) is 0 Å². The number of hydrogen-bond donors (Lipinski definition) is 1. The highest BCUT2D eigenvalue weighted by atomic mass is 16.5. The number of carbonyl (C=O) groups is 1. The molecule has 0 unspecified atom stereocenters. The van der Waals surface area contributed by atoms with Crippen molar-refractivity contribution in [2.24, 2.45) is 5.73 Å². The summed E-state index contributed by atoms with van der Waals surface area (Å²) in [6.45, 7) is 1.28. The first-order valence-corrected chi connectivity index (χ1v) is 7.83. The van der Waals surface area contributed by atoms with E-state index in [-0.39, 0.29) is 11.9 Å². The van der Waals surface area contributed by atoms with E-state index >= 15 is 0 Å². The summed E-state index contributed by atoms with van der Waals surface area (Å²) in [6, 6.07) is 9.75. The van der Waals surface area contributed by atoms with Gasteiger partial charge in [-0.25, -0.2) is 0 Å². The van der Waals surface area contributed by atoms with Gasteiger partial charge >= 0.3 is 0 Å². The second-order valence-corrected chi connectivity index (χ2v) is 5.72. The number of nitrogens with zero attached hydrogens (tertiary/aromatic N) is 2. The van der Waals surface area contributed by atoms with Gasteiger partial charge in [0.25, 0.3) is 5.91 Å². The Morgan fingerprint density at radius 3 is 2.78 bits per heavy atom. The van der Waals surface area contributed by atoms with Crippen LogP contribution in [-0.2, 0) is 0 Å². The normalized spacial score (nSPS) is 17.3. The third-order valence-electron chi connectivity index (χ3n) is 4.32. The molecule has 0 radical (unpaired) electrons. The molecule has 1 aromatic heterocycles. The van der Waals surface area contributed by atoms with E-state index < -0.39 is 0 Å². The van der Waals surface area contributed by atoms with Crippen LogP contribution in [0.3, 0.4) is 0 Å². The van der Waals surface area contributed by atoms with Crippen LogP contribution in [0.15, 0.2) is 42.7 Å². The number of pyridine rings is 1. The van der Waals surface area contributed by atoms with Crippen LogP contribution < -0.4 is 10.5 Å². The smallest absolute Gasteiger partial charge is 0.255 e. The molecule has 2 aromatic rings. The molecule has 0 aliphatic carbocycles. The molecule has 1 aliphatic rings. The molecule has 2 heterocycles. The summed E-state index contributed by atoms with van der Waals surface area (Å²) >= 11 is 0. The number of carbonyl (C=O) groups excluding carboxylic acids is 1. The number of likely N-dealkylation sites (tertiary alicyclic amines) is 1. The minimum atomic E-state index is 0.0146. The minimum Gasteiger partial charge on any atom is -0.497 e. The molecule has 23 heavy (non-hydrogen) atoms. The second-order valence-electron chi connectivity index (χ2n) is 5.72. The lowest BCUT2D eigenvalue weighted by atomic mass is 10.1. The van der Waals surface area contributed by atoms with Crippen molar-refractivity contribution in [3.8, 4) is 16.9 Å². The highest BCUT2D eigenvalue weighted by Crippen LogP contribution is 2.24. The lowest BCUT2D eigenvalue weighted by Crippen LogP contribution is -2.39. The Hall–Kier alpha value is -2.40. The quantitative estimate of drug-likeness (QED) is 0.941. The predicted molar refractivity (Wildman–Crippen MR) is 89.3 cm³/mol. The van der Waals surface area contributed by atoms with Crippen molar-refractivity contribution in [1.82, 2.24) is 9.88 Å². The highest BCUT2D eigenvalue weighted by molar-refractivity contribution is 5.95. The van der Waals surface area contributed by atoms with Gasteiger partial charge in [-0.15, -0.1) is 0 Å². The Bertz CT molecular complexity index is 685. The summed E-state index contributed by atoms with van der Waals surface area (Å²) < 4.78 is 5.17. The number of amides is 1. The van der Waals surface area contributed by atoms with Gasteiger partial charge in [0.05, 0.1) is 12.7 Å². The van der Waals surface area contributed by atoms with Gasteiger partial charge in [0.2, 0.25) is 0 Å². The van der Waals surface area contributed by atoms with E-state index in [4.69, 9.17) is 10.5 Å². The van der Waals surface area contributed by atoms with Crippen molar-refractivity contribution >= 4 is 5.91 Å². The molecule has 0 spiro atoms. The number of aromatic nitrogens is 1. The van der Waals surface area contributed by atoms with Crippen LogP contribution in [0.5, 0.6) is 5.75 Å². The van der Waals surface area contributed by atoms with Gasteiger partial charge in [-0.2, -0.15) is 0 Å². The topological polar surface area (TPSA) is 68.5 Å². The van der Waals surface area contributed by atoms with E-state index in [1.54, 1.807) is 19.5 Å². The van der Waals surface area contributed by atoms with Gasteiger partial charge in [0, 0.05) is 37.1 Å². The van der Waals surface area contributed by atoms with E-state index in [1.807, 2.05) is 35.2 Å². The van der Waals surface area contributed by atoms with Crippen molar-refractivity contribution in [2.45, 2.75) is 18.9 Å². The predicted octanol–water partition coefficient (Wildman–Crippen LogP) is 2.32. The van der Waals surface area contributed by atoms with Gasteiger partial charge in [-0.3, -0.25) is 9.78 Å². The molecule has 1 aliphatic heterocycles. The van der Waals surface area contributed by atoms with E-state index in [1.165, 1.54) is 0 Å². The molecule has 120 valence electrons. The van der Waals surface area contributed by atoms with Crippen LogP contribution in [0.1, 0.15) is 23.2 Å². The van der Waals surface area contributed by atoms with Crippen molar-refractivity contribution in [2.75, 3.05) is 20.2 Å². The van der Waals surface area contributed by atoms with Crippen LogP contribution in [0.25, 0.3) is 11.1 Å². The molecule has 2 N–H and O–H groups in total. The molecule has 1 amide bonds. The van der Waals surface area contributed by atoms with Gasteiger partial charge in [0.1, 0.15) is 5.75 Å². The highest BCUT2D eigenvalue weighted by Gasteiger charge is 2.28. The summed E-state index contributed by atoms with van der Waals surface area (Å²) in [5.41, 5.74) is 8.30. The zero-order valence-electron chi connectivity index (χ0n) is 13.2. The molecule has 1 fully saturated rings. The average Bonchev–Trinajstić information content (AvgIpc) is 3.10. The first kappa shape index (κ1) is 15.5. The summed E-state index contributed by atoms with van der Waals surface area (Å²) in [5, 5.41) is 0. The van der Waals surface area contributed by atoms with E-state index in [0.717, 1.165) is 36.3 Å². The number of benzene rings is 1. The van der Waals surface area contributed by atoms with E-state index in [0.29, 0.717) is 12.1 Å². The maximum Gasteiger partial charge on any atom is 0.255 e. The molecule has 0 bridgehead atoms. The standard InChI is InChI=1S/C18H21N3O2/c1-23-17-6-4-13(5-7-17)14-9-15(12-20-11-14)18(22)21-8-2-3-16(21)10-19/h4-7,9,11-12,16H,2-3,8,10,19H2,1H3/t16-/m1/s1. The monoisotopic (exact) mass is 311 g/mol. The average molecular weight is 311 g/mol. The Labute approximate surface area is 136 Å². The van der Waals surface area contributed by atoms with Gasteiger partial charge in [-0.05, 0) is 36.6 Å². The number of rotatable bonds is 4. The molecule has 3 rings (SSSR count). The molecule has 0 saturated carbocycles. The Balaban J connectivity index is 1.85. The molecule has 5 nitrogen and oxygen atoms in total. The third-order valence-corrected chi connectivity index (χ3v) is 4.32. The van der Waals surface area contributed by atoms with E-state index in [2.05, 4.69) is 4.98 Å². The fraction of sp³-hybridized carbons (Fsp3) is 0.333. The summed E-state index contributed by atoms with van der Waals surface area (Å²) in [5.74, 6) is 0.817. The molecule has 1 atom stereocenters. The Morgan fingerprint density at radius 2 is 2.09 bits per heavy atom. The molecule has 1 saturated heterocycles. The maximum atomic E-state index is 12.7. The summed E-state index contributed by atoms with van der Waals surface area (Å²) in [6.07, 6.45) is 5.39. The number of ether oxygens (including phenoxy) is 1. The van der Waals surface area contributed by atoms with Crippen LogP contribution >= 0.6 is 0 Å². The van der Waals surface area contributed by atoms with Crippen molar-refractivity contribution in [1.29, 1.82) is 0 Å². The number of hydrogen-bond acceptors (Lipinski definition) is 4. The SMILES string of the molecule is COc1ccc(-c2cncc(C(=O)N3CCC[C@@H]3CN)c2)cc1. The first-order chi connectivity index (χ1) is 11.2. The maximum absolute atomic E-state index is 12.7. The fourth-order valence-electron chi connectivity index (χ4n) is 3.01. The van der Waals surface area contributed by atoms with E-state index in [9.17, 15) is 4.79 Å². The molecule has 5 heteroatoms. The zero-order valence-corrected chi connectivity index (χ0v) is 13.2. The lowest BCUT2D eigenvalue weighted by Gasteiger charge is -2.23. The largest absolute Gasteiger partial charge is 0.497 e. The van der Waals surface area contributed by atoms with Crippen LogP contribution in [0.4, 0.5) is 0 Å². The lowest BCUT2D eigenvalue weighted by molar-refractivity contribution is 0.0741. The summed E-state index contributed by atoms with van der Waals surface area (Å²) in [7, 11) is 1.64. The van der Waals surface area contributed by atoms with Gasteiger partial charge in [-0.1, -0.05) is 12.1 Å². The van der Waals surface area contributed by atoms with Crippen LogP contribution in [-0.4, -0.2) is 42.0 Å². The molecular weight excluding hydrogens is 290 g/mol. The first-order valence-electron chi connectivity index (χ1n) is 7.83. The van der Waals surface area contributed by atoms with Crippen LogP contribution in [0.2, 0.25) is 0 Å². The van der Waals surface area contributed by atoms with Gasteiger partial charge in [0.15, 0.2) is 0 Å². The zero-order chi connectivity index (χ0) is 16.2. The third kappa shape index (κ3) is 3.19. The second kappa shape index (κ2) is 6.79. The van der Waals surface area contributed by atoms with Gasteiger partial charge < -0.3 is 15.4 Å². The van der Waals surface area contributed by atoms with Crippen LogP contribution in [0, 0.1) is 0 Å².